The standard InChI is InChI=1S/C12H21N3O/c1-10-9-12(15(2)14-10)16-8-4-3-7-13-11-5-6-11/h9,11,13H,3-8H2,1-2H3. The minimum atomic E-state index is 0.783. The predicted octanol–water partition coefficient (Wildman–Crippen LogP) is 1.64. The fraction of sp³-hybridized carbons (Fsp3) is 0.750. The van der Waals surface area contributed by atoms with E-state index < -0.39 is 0 Å². The maximum atomic E-state index is 5.65. The number of hydrogen-bond donors (Lipinski definition) is 1. The van der Waals surface area contributed by atoms with Crippen LogP contribution >= 0.6 is 0 Å². The van der Waals surface area contributed by atoms with Gasteiger partial charge in [-0.3, -0.25) is 0 Å². The van der Waals surface area contributed by atoms with Crippen LogP contribution < -0.4 is 10.1 Å². The van der Waals surface area contributed by atoms with Crippen LogP contribution in [0.5, 0.6) is 5.88 Å². The van der Waals surface area contributed by atoms with E-state index in [9.17, 15) is 0 Å². The Morgan fingerprint density at radius 3 is 2.94 bits per heavy atom. The normalized spacial score (nSPS) is 15.4. The van der Waals surface area contributed by atoms with Gasteiger partial charge in [0.15, 0.2) is 0 Å². The Labute approximate surface area is 97.0 Å². The largest absolute Gasteiger partial charge is 0.478 e. The number of aromatic nitrogens is 2. The molecule has 1 N–H and O–H groups in total. The number of nitrogens with zero attached hydrogens (tertiary/aromatic N) is 2. The second-order valence-corrected chi connectivity index (χ2v) is 4.53. The molecule has 90 valence electrons. The molecule has 0 saturated heterocycles. The summed E-state index contributed by atoms with van der Waals surface area (Å²) in [6, 6.07) is 2.79. The second kappa shape index (κ2) is 5.34. The van der Waals surface area contributed by atoms with Crippen molar-refractivity contribution in [1.82, 2.24) is 15.1 Å². The Hall–Kier alpha value is -1.03. The Kier molecular flexibility index (Phi) is 3.83. The molecular weight excluding hydrogens is 202 g/mol. The molecule has 0 unspecified atom stereocenters. The third kappa shape index (κ3) is 3.52. The van der Waals surface area contributed by atoms with Crippen molar-refractivity contribution >= 4 is 0 Å². The van der Waals surface area contributed by atoms with Gasteiger partial charge in [-0.05, 0) is 39.2 Å². The predicted molar refractivity (Wildman–Crippen MR) is 63.7 cm³/mol. The van der Waals surface area contributed by atoms with Crippen LogP contribution in [0.2, 0.25) is 0 Å². The number of unbranched alkanes of at least 4 members (excludes halogenated alkanes) is 1. The molecule has 1 fully saturated rings. The highest BCUT2D eigenvalue weighted by Crippen LogP contribution is 2.18. The number of rotatable bonds is 7. The van der Waals surface area contributed by atoms with E-state index in [1.807, 2.05) is 20.0 Å². The summed E-state index contributed by atoms with van der Waals surface area (Å²) >= 11 is 0. The van der Waals surface area contributed by atoms with Gasteiger partial charge in [0.1, 0.15) is 0 Å². The molecule has 0 bridgehead atoms. The monoisotopic (exact) mass is 223 g/mol. The summed E-state index contributed by atoms with van der Waals surface area (Å²) in [5, 5.41) is 7.73. The summed E-state index contributed by atoms with van der Waals surface area (Å²) in [5.74, 6) is 0.868. The molecule has 1 aromatic rings. The highest BCUT2D eigenvalue weighted by molar-refractivity contribution is 5.14. The van der Waals surface area contributed by atoms with Crippen LogP contribution in [0.3, 0.4) is 0 Å². The number of nitrogens with one attached hydrogen (secondary N) is 1. The molecular formula is C12H21N3O. The molecule has 1 aliphatic carbocycles. The summed E-state index contributed by atoms with van der Waals surface area (Å²) in [4.78, 5) is 0. The molecule has 0 atom stereocenters. The fourth-order valence-electron chi connectivity index (χ4n) is 1.72. The summed E-state index contributed by atoms with van der Waals surface area (Å²) in [5.41, 5.74) is 1.01. The summed E-state index contributed by atoms with van der Waals surface area (Å²) in [7, 11) is 1.91. The molecule has 0 radical (unpaired) electrons. The van der Waals surface area contributed by atoms with Gasteiger partial charge in [0.2, 0.25) is 5.88 Å². The lowest BCUT2D eigenvalue weighted by Gasteiger charge is -2.06. The van der Waals surface area contributed by atoms with E-state index >= 15 is 0 Å². The smallest absolute Gasteiger partial charge is 0.211 e. The minimum Gasteiger partial charge on any atom is -0.478 e. The van der Waals surface area contributed by atoms with Gasteiger partial charge in [-0.15, -0.1) is 0 Å². The van der Waals surface area contributed by atoms with E-state index in [4.69, 9.17) is 4.74 Å². The van der Waals surface area contributed by atoms with Crippen molar-refractivity contribution in [1.29, 1.82) is 0 Å². The van der Waals surface area contributed by atoms with Crippen LogP contribution in [0.4, 0.5) is 0 Å². The van der Waals surface area contributed by atoms with Crippen molar-refractivity contribution in [3.8, 4) is 5.88 Å². The second-order valence-electron chi connectivity index (χ2n) is 4.53. The van der Waals surface area contributed by atoms with Gasteiger partial charge in [0.25, 0.3) is 0 Å². The van der Waals surface area contributed by atoms with Crippen molar-refractivity contribution in [2.45, 2.75) is 38.6 Å². The van der Waals surface area contributed by atoms with Gasteiger partial charge < -0.3 is 10.1 Å². The molecule has 1 heterocycles. The summed E-state index contributed by atoms with van der Waals surface area (Å²) in [6.07, 6.45) is 5.02. The van der Waals surface area contributed by atoms with E-state index in [0.717, 1.165) is 37.2 Å². The van der Waals surface area contributed by atoms with E-state index in [-0.39, 0.29) is 0 Å². The van der Waals surface area contributed by atoms with Gasteiger partial charge in [0.05, 0.1) is 12.3 Å². The summed E-state index contributed by atoms with van der Waals surface area (Å²) in [6.45, 7) is 3.89. The lowest BCUT2D eigenvalue weighted by atomic mass is 10.3. The highest BCUT2D eigenvalue weighted by Gasteiger charge is 2.19. The van der Waals surface area contributed by atoms with Gasteiger partial charge in [0, 0.05) is 19.2 Å². The van der Waals surface area contributed by atoms with E-state index in [1.54, 1.807) is 4.68 Å². The quantitative estimate of drug-likeness (QED) is 0.714. The summed E-state index contributed by atoms with van der Waals surface area (Å²) < 4.78 is 7.44. The average Bonchev–Trinajstić information content (AvgIpc) is 2.99. The molecule has 1 aliphatic rings. The molecule has 0 aromatic carbocycles. The van der Waals surface area contributed by atoms with Crippen LogP contribution in [0.15, 0.2) is 6.07 Å². The van der Waals surface area contributed by atoms with E-state index in [0.29, 0.717) is 0 Å². The molecule has 4 heteroatoms. The fourth-order valence-corrected chi connectivity index (χ4v) is 1.72. The zero-order valence-electron chi connectivity index (χ0n) is 10.2. The Morgan fingerprint density at radius 2 is 2.31 bits per heavy atom. The highest BCUT2D eigenvalue weighted by atomic mass is 16.5. The van der Waals surface area contributed by atoms with Crippen molar-refractivity contribution < 1.29 is 4.74 Å². The molecule has 0 amide bonds. The van der Waals surface area contributed by atoms with Gasteiger partial charge in [-0.2, -0.15) is 5.10 Å². The molecule has 16 heavy (non-hydrogen) atoms. The first-order valence-corrected chi connectivity index (χ1v) is 6.12. The van der Waals surface area contributed by atoms with Crippen LogP contribution in [-0.4, -0.2) is 29.0 Å². The van der Waals surface area contributed by atoms with E-state index in [1.165, 1.54) is 19.3 Å². The van der Waals surface area contributed by atoms with Gasteiger partial charge in [-0.1, -0.05) is 0 Å². The van der Waals surface area contributed by atoms with Crippen molar-refractivity contribution in [3.05, 3.63) is 11.8 Å². The van der Waals surface area contributed by atoms with E-state index in [2.05, 4.69) is 10.4 Å². The number of hydrogen-bond acceptors (Lipinski definition) is 3. The molecule has 0 aliphatic heterocycles. The zero-order valence-corrected chi connectivity index (χ0v) is 10.2. The number of ether oxygens (including phenoxy) is 1. The lowest BCUT2D eigenvalue weighted by Crippen LogP contribution is -2.18. The van der Waals surface area contributed by atoms with Crippen LogP contribution in [0.1, 0.15) is 31.4 Å². The minimum absolute atomic E-state index is 0.783. The first-order valence-electron chi connectivity index (χ1n) is 6.12. The number of aryl methyl sites for hydroxylation is 2. The SMILES string of the molecule is Cc1cc(OCCCCNC2CC2)n(C)n1. The average molecular weight is 223 g/mol. The van der Waals surface area contributed by atoms with Gasteiger partial charge >= 0.3 is 0 Å². The van der Waals surface area contributed by atoms with Crippen molar-refractivity contribution in [2.75, 3.05) is 13.2 Å². The van der Waals surface area contributed by atoms with Crippen LogP contribution in [-0.2, 0) is 7.05 Å². The van der Waals surface area contributed by atoms with Crippen molar-refractivity contribution in [2.24, 2.45) is 7.05 Å². The Bertz CT molecular complexity index is 331. The molecule has 1 saturated carbocycles. The van der Waals surface area contributed by atoms with Crippen LogP contribution in [0, 0.1) is 6.92 Å². The first kappa shape index (κ1) is 11.5. The Morgan fingerprint density at radius 1 is 1.50 bits per heavy atom. The Balaban J connectivity index is 1.54. The van der Waals surface area contributed by atoms with Crippen molar-refractivity contribution in [3.63, 3.8) is 0 Å². The van der Waals surface area contributed by atoms with Gasteiger partial charge in [-0.25, -0.2) is 4.68 Å². The maximum Gasteiger partial charge on any atom is 0.211 e. The molecule has 2 rings (SSSR count). The molecule has 1 aromatic heterocycles. The lowest BCUT2D eigenvalue weighted by molar-refractivity contribution is 0.280. The molecule has 0 spiro atoms. The molecule has 4 nitrogen and oxygen atoms in total. The zero-order chi connectivity index (χ0) is 11.4. The third-order valence-corrected chi connectivity index (χ3v) is 2.79. The first-order chi connectivity index (χ1) is 7.75. The van der Waals surface area contributed by atoms with Crippen LogP contribution in [0.25, 0.3) is 0 Å². The topological polar surface area (TPSA) is 39.1 Å². The third-order valence-electron chi connectivity index (χ3n) is 2.79. The maximum absolute atomic E-state index is 5.65.